The molecule has 1 saturated carbocycles. The monoisotopic (exact) mass is 256 g/mol. The Morgan fingerprint density at radius 3 is 2.88 bits per heavy atom. The van der Waals surface area contributed by atoms with Gasteiger partial charge in [-0.3, -0.25) is 4.79 Å². The van der Waals surface area contributed by atoms with Gasteiger partial charge in [-0.25, -0.2) is 0 Å². The van der Waals surface area contributed by atoms with E-state index in [1.807, 2.05) is 0 Å². The van der Waals surface area contributed by atoms with Crippen LogP contribution in [0.2, 0.25) is 0 Å². The summed E-state index contributed by atoms with van der Waals surface area (Å²) in [6.07, 6.45) is 2.37. The summed E-state index contributed by atoms with van der Waals surface area (Å²) in [5.41, 5.74) is 4.86. The molecule has 0 aromatic carbocycles. The van der Waals surface area contributed by atoms with Crippen molar-refractivity contribution in [3.05, 3.63) is 5.89 Å². The second kappa shape index (κ2) is 4.66. The van der Waals surface area contributed by atoms with E-state index in [1.165, 1.54) is 11.8 Å². The van der Waals surface area contributed by atoms with Crippen LogP contribution in [0.15, 0.2) is 9.64 Å². The van der Waals surface area contributed by atoms with E-state index in [-0.39, 0.29) is 11.2 Å². The average Bonchev–Trinajstić information content (AvgIpc) is 2.87. The maximum absolute atomic E-state index is 11.5. The van der Waals surface area contributed by atoms with E-state index in [2.05, 4.69) is 15.5 Å². The molecule has 1 aliphatic rings. The number of carbonyl (C=O) groups is 1. The maximum atomic E-state index is 11.5. The van der Waals surface area contributed by atoms with Crippen molar-refractivity contribution in [3.63, 3.8) is 0 Å². The summed E-state index contributed by atoms with van der Waals surface area (Å²) in [7, 11) is 1.77. The largest absolute Gasteiger partial charge is 0.416 e. The summed E-state index contributed by atoms with van der Waals surface area (Å²) >= 11 is 1.52. The third-order valence-electron chi connectivity index (χ3n) is 3.19. The van der Waals surface area contributed by atoms with Crippen LogP contribution in [-0.2, 0) is 4.79 Å². The number of aryl methyl sites for hydroxylation is 1. The summed E-state index contributed by atoms with van der Waals surface area (Å²) in [5.74, 6) is 0.269. The molecular formula is C10H16N4O2S. The van der Waals surface area contributed by atoms with Crippen molar-refractivity contribution < 1.29 is 9.21 Å². The fourth-order valence-electron chi connectivity index (χ4n) is 2.14. The zero-order chi connectivity index (χ0) is 12.5. The van der Waals surface area contributed by atoms with Crippen LogP contribution in [0.1, 0.15) is 25.2 Å². The van der Waals surface area contributed by atoms with Crippen molar-refractivity contribution >= 4 is 17.7 Å². The number of likely N-dealkylation sites (N-methyl/N-ethyl adjacent to an activating group) is 1. The molecule has 1 aromatic rings. The third-order valence-corrected chi connectivity index (χ3v) is 4.30. The van der Waals surface area contributed by atoms with Crippen LogP contribution in [0.5, 0.6) is 0 Å². The summed E-state index contributed by atoms with van der Waals surface area (Å²) < 4.78 is 5.31. The highest BCUT2D eigenvalue weighted by Gasteiger charge is 2.43. The van der Waals surface area contributed by atoms with E-state index >= 15 is 0 Å². The van der Waals surface area contributed by atoms with Crippen molar-refractivity contribution in [3.8, 4) is 0 Å². The fraction of sp³-hybridized carbons (Fsp3) is 0.700. The zero-order valence-electron chi connectivity index (χ0n) is 9.90. The van der Waals surface area contributed by atoms with Crippen LogP contribution in [0.4, 0.5) is 0 Å². The lowest BCUT2D eigenvalue weighted by atomic mass is 9.97. The standard InChI is InChI=1S/C10H16N4O2S/c1-6-13-14-9(16-6)17-7-3-4-10(5-7,12-2)8(11)15/h7,12H,3-5H2,1-2H3,(H2,11,15). The molecule has 2 unspecified atom stereocenters. The third kappa shape index (κ3) is 2.44. The highest BCUT2D eigenvalue weighted by atomic mass is 32.2. The molecule has 1 fully saturated rings. The lowest BCUT2D eigenvalue weighted by Gasteiger charge is -2.24. The summed E-state index contributed by atoms with van der Waals surface area (Å²) in [6, 6.07) is 0. The summed E-state index contributed by atoms with van der Waals surface area (Å²) in [5, 5.41) is 11.6. The highest BCUT2D eigenvalue weighted by molar-refractivity contribution is 7.99. The minimum absolute atomic E-state index is 0.287. The first-order valence-corrected chi connectivity index (χ1v) is 6.39. The predicted octanol–water partition coefficient (Wildman–Crippen LogP) is 0.466. The number of nitrogens with two attached hydrogens (primary N) is 1. The Bertz CT molecular complexity index is 422. The molecule has 3 N–H and O–H groups in total. The molecule has 17 heavy (non-hydrogen) atoms. The second-order valence-electron chi connectivity index (χ2n) is 4.27. The predicted molar refractivity (Wildman–Crippen MR) is 63.5 cm³/mol. The average molecular weight is 256 g/mol. The van der Waals surface area contributed by atoms with E-state index in [9.17, 15) is 4.79 Å². The number of nitrogens with zero attached hydrogens (tertiary/aromatic N) is 2. The first-order valence-electron chi connectivity index (χ1n) is 5.51. The van der Waals surface area contributed by atoms with Gasteiger partial charge in [0.15, 0.2) is 0 Å². The van der Waals surface area contributed by atoms with Crippen molar-refractivity contribution in [2.75, 3.05) is 7.05 Å². The minimum atomic E-state index is -0.577. The molecule has 2 atom stereocenters. The molecule has 2 rings (SSSR count). The van der Waals surface area contributed by atoms with Gasteiger partial charge < -0.3 is 15.5 Å². The second-order valence-corrected chi connectivity index (χ2v) is 5.52. The first-order chi connectivity index (χ1) is 8.05. The van der Waals surface area contributed by atoms with E-state index in [4.69, 9.17) is 10.2 Å². The lowest BCUT2D eigenvalue weighted by molar-refractivity contribution is -0.124. The maximum Gasteiger partial charge on any atom is 0.276 e. The molecule has 0 aliphatic heterocycles. The van der Waals surface area contributed by atoms with E-state index in [0.717, 1.165) is 12.8 Å². The van der Waals surface area contributed by atoms with Gasteiger partial charge in [0.05, 0.1) is 5.54 Å². The number of hydrogen-bond acceptors (Lipinski definition) is 6. The number of amides is 1. The summed E-state index contributed by atoms with van der Waals surface area (Å²) in [4.78, 5) is 11.5. The molecule has 1 amide bonds. The van der Waals surface area contributed by atoms with Gasteiger partial charge >= 0.3 is 0 Å². The molecule has 0 saturated heterocycles. The van der Waals surface area contributed by atoms with Crippen molar-refractivity contribution in [2.45, 2.75) is 42.2 Å². The fourth-order valence-corrected chi connectivity index (χ4v) is 3.29. The molecule has 7 heteroatoms. The molecule has 1 heterocycles. The minimum Gasteiger partial charge on any atom is -0.416 e. The zero-order valence-corrected chi connectivity index (χ0v) is 10.7. The number of aromatic nitrogens is 2. The molecule has 0 radical (unpaired) electrons. The lowest BCUT2D eigenvalue weighted by Crippen LogP contribution is -2.52. The Kier molecular flexibility index (Phi) is 3.39. The van der Waals surface area contributed by atoms with E-state index < -0.39 is 5.54 Å². The Balaban J connectivity index is 2.00. The number of primary amides is 1. The van der Waals surface area contributed by atoms with Crippen LogP contribution in [-0.4, -0.2) is 33.9 Å². The molecule has 6 nitrogen and oxygen atoms in total. The van der Waals surface area contributed by atoms with Gasteiger partial charge in [-0.05, 0) is 26.3 Å². The van der Waals surface area contributed by atoms with Gasteiger partial charge in [0.2, 0.25) is 11.8 Å². The topological polar surface area (TPSA) is 94.0 Å². The van der Waals surface area contributed by atoms with Crippen LogP contribution in [0.25, 0.3) is 0 Å². The Labute approximate surface area is 104 Å². The van der Waals surface area contributed by atoms with Gasteiger partial charge in [-0.15, -0.1) is 10.2 Å². The van der Waals surface area contributed by atoms with Crippen LogP contribution in [0, 0.1) is 6.92 Å². The molecule has 0 spiro atoms. The molecule has 94 valence electrons. The molecular weight excluding hydrogens is 240 g/mol. The van der Waals surface area contributed by atoms with Crippen molar-refractivity contribution in [1.29, 1.82) is 0 Å². The molecule has 0 bridgehead atoms. The van der Waals surface area contributed by atoms with E-state index in [0.29, 0.717) is 17.5 Å². The SMILES string of the molecule is CNC1(C(N)=O)CCC(Sc2nnc(C)o2)C1. The van der Waals surface area contributed by atoms with E-state index in [1.54, 1.807) is 14.0 Å². The number of thioether (sulfide) groups is 1. The molecule has 1 aliphatic carbocycles. The summed E-state index contributed by atoms with van der Waals surface area (Å²) in [6.45, 7) is 1.76. The number of carbonyl (C=O) groups excluding carboxylic acids is 1. The quantitative estimate of drug-likeness (QED) is 0.813. The van der Waals surface area contributed by atoms with Gasteiger partial charge in [0.25, 0.3) is 5.22 Å². The van der Waals surface area contributed by atoms with Gasteiger partial charge in [-0.2, -0.15) is 0 Å². The first kappa shape index (κ1) is 12.4. The van der Waals surface area contributed by atoms with Crippen LogP contribution < -0.4 is 11.1 Å². The van der Waals surface area contributed by atoms with Crippen molar-refractivity contribution in [1.82, 2.24) is 15.5 Å². The number of hydrogen-bond donors (Lipinski definition) is 2. The van der Waals surface area contributed by atoms with Crippen LogP contribution in [0.3, 0.4) is 0 Å². The van der Waals surface area contributed by atoms with Crippen molar-refractivity contribution in [2.24, 2.45) is 5.73 Å². The smallest absolute Gasteiger partial charge is 0.276 e. The molecule has 1 aromatic heterocycles. The number of nitrogens with one attached hydrogen (secondary N) is 1. The van der Waals surface area contributed by atoms with Gasteiger partial charge in [0.1, 0.15) is 0 Å². The Morgan fingerprint density at radius 1 is 1.65 bits per heavy atom. The normalized spacial score (nSPS) is 28.5. The Morgan fingerprint density at radius 2 is 2.41 bits per heavy atom. The van der Waals surface area contributed by atoms with Crippen LogP contribution >= 0.6 is 11.8 Å². The van der Waals surface area contributed by atoms with Gasteiger partial charge in [0, 0.05) is 12.2 Å². The highest BCUT2D eigenvalue weighted by Crippen LogP contribution is 2.39. The Hall–Kier alpha value is -1.08. The van der Waals surface area contributed by atoms with Gasteiger partial charge in [-0.1, -0.05) is 11.8 Å². The number of rotatable bonds is 4.